The van der Waals surface area contributed by atoms with Crippen LogP contribution in [0.5, 0.6) is 0 Å². The lowest BCUT2D eigenvalue weighted by Crippen LogP contribution is -2.20. The molecule has 0 atom stereocenters. The highest BCUT2D eigenvalue weighted by Crippen LogP contribution is 2.26. The summed E-state index contributed by atoms with van der Waals surface area (Å²) in [4.78, 5) is 44.0. The second-order valence-corrected chi connectivity index (χ2v) is 4.61. The van der Waals surface area contributed by atoms with Crippen molar-refractivity contribution in [1.29, 1.82) is 0 Å². The van der Waals surface area contributed by atoms with Gasteiger partial charge in [-0.25, -0.2) is 4.68 Å². The van der Waals surface area contributed by atoms with Crippen molar-refractivity contribution in [2.45, 2.75) is 13.3 Å². The number of non-ortho nitro benzene ring substituents is 1. The summed E-state index contributed by atoms with van der Waals surface area (Å²) >= 11 is 0. The van der Waals surface area contributed by atoms with E-state index in [1.807, 2.05) is 0 Å². The smallest absolute Gasteiger partial charge is 0.310 e. The minimum Gasteiger partial charge on any atom is -0.466 e. The van der Waals surface area contributed by atoms with Crippen molar-refractivity contribution in [1.82, 2.24) is 9.78 Å². The maximum absolute atomic E-state index is 12.3. The van der Waals surface area contributed by atoms with Gasteiger partial charge >= 0.3 is 11.7 Å². The van der Waals surface area contributed by atoms with E-state index in [1.54, 1.807) is 6.92 Å². The maximum Gasteiger partial charge on any atom is 0.310 e. The quantitative estimate of drug-likeness (QED) is 0.471. The van der Waals surface area contributed by atoms with Crippen LogP contribution < -0.4 is 5.56 Å². The Hall–Kier alpha value is -3.50. The summed E-state index contributed by atoms with van der Waals surface area (Å²) in [5, 5.41) is 24.4. The largest absolute Gasteiger partial charge is 0.466 e. The number of aromatic nitrogens is 2. The minimum atomic E-state index is -0.833. The van der Waals surface area contributed by atoms with Crippen LogP contribution in [0.1, 0.15) is 12.5 Å². The maximum atomic E-state index is 12.3. The van der Waals surface area contributed by atoms with Crippen LogP contribution in [0.2, 0.25) is 0 Å². The van der Waals surface area contributed by atoms with Gasteiger partial charge in [0.2, 0.25) is 0 Å². The van der Waals surface area contributed by atoms with Crippen molar-refractivity contribution in [2.75, 3.05) is 6.61 Å². The fourth-order valence-electron chi connectivity index (χ4n) is 2.04. The monoisotopic (exact) mass is 336 g/mol. The molecule has 11 heteroatoms. The van der Waals surface area contributed by atoms with Crippen molar-refractivity contribution in [3.63, 3.8) is 0 Å². The molecule has 126 valence electrons. The number of nitro benzene ring substituents is 2. The van der Waals surface area contributed by atoms with E-state index in [0.717, 1.165) is 22.9 Å². The number of hydrogen-bond acceptors (Lipinski definition) is 7. The van der Waals surface area contributed by atoms with E-state index in [1.165, 1.54) is 6.20 Å². The third-order valence-corrected chi connectivity index (χ3v) is 3.09. The lowest BCUT2D eigenvalue weighted by molar-refractivity contribution is -0.394. The van der Waals surface area contributed by atoms with Crippen molar-refractivity contribution in [3.8, 4) is 5.69 Å². The van der Waals surface area contributed by atoms with Gasteiger partial charge in [-0.2, -0.15) is 0 Å². The van der Waals surface area contributed by atoms with E-state index in [-0.39, 0.29) is 24.3 Å². The molecular formula is C13H12N4O7. The highest BCUT2D eigenvalue weighted by molar-refractivity contribution is 5.72. The number of nitrogens with zero attached hydrogens (tertiary/aromatic N) is 3. The summed E-state index contributed by atoms with van der Waals surface area (Å²) in [6.07, 6.45) is 0.932. The molecule has 2 rings (SSSR count). The number of esters is 1. The summed E-state index contributed by atoms with van der Waals surface area (Å²) in [6, 6.07) is 2.89. The van der Waals surface area contributed by atoms with E-state index in [4.69, 9.17) is 4.74 Å². The van der Waals surface area contributed by atoms with Crippen LogP contribution in [0.3, 0.4) is 0 Å². The zero-order valence-corrected chi connectivity index (χ0v) is 12.4. The molecule has 0 aliphatic carbocycles. The summed E-state index contributed by atoms with van der Waals surface area (Å²) < 4.78 is 5.58. The number of nitrogens with one attached hydrogen (secondary N) is 1. The van der Waals surface area contributed by atoms with E-state index in [0.29, 0.717) is 0 Å². The molecule has 0 saturated carbocycles. The molecule has 1 aromatic heterocycles. The SMILES string of the molecule is CCOC(=O)Cc1c[nH]n(-c2ccc([N+](=O)[O-])cc2[N+](=O)[O-])c1=O. The van der Waals surface area contributed by atoms with Crippen molar-refractivity contribution < 1.29 is 19.4 Å². The summed E-state index contributed by atoms with van der Waals surface area (Å²) in [7, 11) is 0. The molecule has 1 aromatic carbocycles. The standard InChI is InChI=1S/C13H12N4O7/c1-2-24-12(18)5-8-7-14-15(13(8)19)10-4-3-9(16(20)21)6-11(10)17(22)23/h3-4,6-7,14H,2,5H2,1H3. The molecule has 0 bridgehead atoms. The van der Waals surface area contributed by atoms with Gasteiger partial charge in [-0.1, -0.05) is 0 Å². The van der Waals surface area contributed by atoms with E-state index >= 15 is 0 Å². The lowest BCUT2D eigenvalue weighted by atomic mass is 10.2. The predicted molar refractivity (Wildman–Crippen MR) is 80.0 cm³/mol. The molecule has 0 saturated heterocycles. The number of ether oxygens (including phenoxy) is 1. The van der Waals surface area contributed by atoms with Crippen LogP contribution in [0.15, 0.2) is 29.2 Å². The highest BCUT2D eigenvalue weighted by Gasteiger charge is 2.23. The number of benzene rings is 1. The Kier molecular flexibility index (Phi) is 4.73. The van der Waals surface area contributed by atoms with Gasteiger partial charge in [0, 0.05) is 17.8 Å². The Morgan fingerprint density at radius 3 is 2.58 bits per heavy atom. The average Bonchev–Trinajstić information content (AvgIpc) is 2.87. The van der Waals surface area contributed by atoms with Gasteiger partial charge in [-0.15, -0.1) is 0 Å². The molecule has 0 radical (unpaired) electrons. The zero-order chi connectivity index (χ0) is 17.9. The number of rotatable bonds is 6. The number of carbonyl (C=O) groups is 1. The minimum absolute atomic E-state index is 0.0566. The molecule has 1 heterocycles. The van der Waals surface area contributed by atoms with E-state index < -0.39 is 32.7 Å². The van der Waals surface area contributed by atoms with Gasteiger partial charge in [0.25, 0.3) is 11.2 Å². The molecule has 2 aromatic rings. The Labute approximate surface area is 133 Å². The predicted octanol–water partition coefficient (Wildman–Crippen LogP) is 1.09. The first-order valence-electron chi connectivity index (χ1n) is 6.73. The molecule has 0 aliphatic rings. The number of carbonyl (C=O) groups excluding carboxylic acids is 1. The third kappa shape index (κ3) is 3.29. The molecule has 0 unspecified atom stereocenters. The molecule has 11 nitrogen and oxygen atoms in total. The Balaban J connectivity index is 2.48. The van der Waals surface area contributed by atoms with Gasteiger partial charge in [-0.3, -0.25) is 34.9 Å². The number of nitro groups is 2. The van der Waals surface area contributed by atoms with Gasteiger partial charge in [0.15, 0.2) is 0 Å². The normalized spacial score (nSPS) is 10.4. The van der Waals surface area contributed by atoms with E-state index in [9.17, 15) is 29.8 Å². The van der Waals surface area contributed by atoms with Gasteiger partial charge in [-0.05, 0) is 13.0 Å². The van der Waals surface area contributed by atoms with Gasteiger partial charge < -0.3 is 4.74 Å². The fraction of sp³-hybridized carbons (Fsp3) is 0.231. The van der Waals surface area contributed by atoms with Crippen molar-refractivity contribution in [3.05, 3.63) is 60.5 Å². The fourth-order valence-corrected chi connectivity index (χ4v) is 2.04. The summed E-state index contributed by atoms with van der Waals surface area (Å²) in [6.45, 7) is 1.78. The van der Waals surface area contributed by atoms with Gasteiger partial charge in [0.05, 0.1) is 28.9 Å². The van der Waals surface area contributed by atoms with Crippen LogP contribution in [0.4, 0.5) is 11.4 Å². The van der Waals surface area contributed by atoms with Crippen LogP contribution in [-0.2, 0) is 16.0 Å². The molecule has 1 N–H and O–H groups in total. The molecule has 0 spiro atoms. The second-order valence-electron chi connectivity index (χ2n) is 4.61. The molecule has 0 amide bonds. The first-order chi connectivity index (χ1) is 11.3. The topological polar surface area (TPSA) is 150 Å². The van der Waals surface area contributed by atoms with Crippen molar-refractivity contribution in [2.24, 2.45) is 0 Å². The summed E-state index contributed by atoms with van der Waals surface area (Å²) in [5.74, 6) is -0.612. The Morgan fingerprint density at radius 1 is 1.29 bits per heavy atom. The Bertz CT molecular complexity index is 867. The summed E-state index contributed by atoms with van der Waals surface area (Å²) in [5.41, 5.74) is -1.89. The van der Waals surface area contributed by atoms with E-state index in [2.05, 4.69) is 5.10 Å². The highest BCUT2D eigenvalue weighted by atomic mass is 16.6. The number of hydrogen-bond donors (Lipinski definition) is 1. The Morgan fingerprint density at radius 2 is 2.00 bits per heavy atom. The molecule has 24 heavy (non-hydrogen) atoms. The van der Waals surface area contributed by atoms with Crippen LogP contribution in [0.25, 0.3) is 5.69 Å². The first kappa shape index (κ1) is 16.9. The lowest BCUT2D eigenvalue weighted by Gasteiger charge is -2.03. The number of aromatic amines is 1. The molecule has 0 fully saturated rings. The third-order valence-electron chi connectivity index (χ3n) is 3.09. The molecular weight excluding hydrogens is 324 g/mol. The molecule has 0 aliphatic heterocycles. The first-order valence-corrected chi connectivity index (χ1v) is 6.73. The number of H-pyrrole nitrogens is 1. The average molecular weight is 336 g/mol. The second kappa shape index (κ2) is 6.73. The van der Waals surface area contributed by atoms with Gasteiger partial charge in [0.1, 0.15) is 5.69 Å². The zero-order valence-electron chi connectivity index (χ0n) is 12.4. The van der Waals surface area contributed by atoms with Crippen molar-refractivity contribution >= 4 is 17.3 Å². The van der Waals surface area contributed by atoms with Crippen LogP contribution in [-0.4, -0.2) is 32.2 Å². The van der Waals surface area contributed by atoms with Crippen LogP contribution >= 0.6 is 0 Å². The van der Waals surface area contributed by atoms with Crippen LogP contribution in [0, 0.1) is 20.2 Å².